The molecule has 8 N–H and O–H groups in total. The zero-order valence-electron chi connectivity index (χ0n) is 67.2. The Labute approximate surface area is 658 Å². The van der Waals surface area contributed by atoms with Gasteiger partial charge in [0.15, 0.2) is 0 Å². The van der Waals surface area contributed by atoms with Gasteiger partial charge in [0.25, 0.3) is 5.91 Å². The van der Waals surface area contributed by atoms with Crippen LogP contribution in [0.3, 0.4) is 0 Å². The number of carbonyl (C=O) groups is 6. The average Bonchev–Trinajstić information content (AvgIpc) is 0.953. The van der Waals surface area contributed by atoms with Crippen LogP contribution in [0, 0.1) is 24.7 Å². The van der Waals surface area contributed by atoms with E-state index in [1.807, 2.05) is 5.41 Å². The minimum Gasteiger partial charge on any atom is -0.466 e. The summed E-state index contributed by atoms with van der Waals surface area (Å²) in [5.74, 6) is 4.67. The third-order valence-corrected chi connectivity index (χ3v) is 20.8. The first-order valence-corrected chi connectivity index (χ1v) is 46.4. The molecule has 17 nitrogen and oxygen atoms in total. The summed E-state index contributed by atoms with van der Waals surface area (Å²) < 4.78 is 67.3. The third-order valence-electron chi connectivity index (χ3n) is 15.3. The van der Waals surface area contributed by atoms with Crippen molar-refractivity contribution in [1.82, 2.24) is 0 Å². The molecule has 0 aliphatic carbocycles. The molecule has 0 aromatic carbocycles. The first-order chi connectivity index (χ1) is 49.9. The van der Waals surface area contributed by atoms with E-state index >= 15 is 0 Å². The van der Waals surface area contributed by atoms with E-state index in [0.29, 0.717) is 17.3 Å². The smallest absolute Gasteiger partial charge is 0.383 e. The van der Waals surface area contributed by atoms with Crippen LogP contribution < -0.4 is 11.5 Å². The number of thiol groups is 2. The number of unbranched alkanes of at least 4 members (excludes halogenated alkanes) is 41. The second-order valence-corrected chi connectivity index (χ2v) is 32.6. The van der Waals surface area contributed by atoms with Gasteiger partial charge in [-0.25, -0.2) is 19.2 Å². The van der Waals surface area contributed by atoms with Gasteiger partial charge in [-0.05, 0) is 67.1 Å². The Morgan fingerprint density at radius 3 is 0.933 bits per heavy atom. The standard InChI is InChI=1S/C14H28O4S.C14H26O3S.C14H26O2S.C13H27NO3S.C10H22S.C9H20S.C4H4O2.C3H3NO/c1-3-4-5-6-7-8-9-10-12-19(16,17)13-11-14(15)18-2;1-3-4-5-6-7-8-9-10-12-18(16)13-11-14(15)17-2;1-3-4-5-6-7-8-9-10-12-17-13-11-14(15)16-2;1-2-3-4-5-6-7-8-9-11-18(16,17)12-10-13(14)15;1-2-3-4-5-6-7-8-9-10-11;1-2-3-4-5-6-7-8-9-10;1-3-4(5)6-2;1-2-3(4)5/h11,13,16-17H,3-10,12H2,1-2H3;11,13H,3-10,12H2,1-2H3;11,13H,3-10,12H2,1-2H3;10,12,16-17H,2-9,11H2,1H3,(H2,14,15);11H,2-10H2,1H3;10H,2-9H2,1H3;1H,2H3;1H,(H2,4,5)/b13-11+;;;12-10+;;;;. The maximum absolute atomic E-state index is 11.5. The highest BCUT2D eigenvalue weighted by Gasteiger charge is 2.10. The van der Waals surface area contributed by atoms with Gasteiger partial charge in [0.1, 0.15) is 0 Å². The number of rotatable bonds is 59. The van der Waals surface area contributed by atoms with E-state index in [4.69, 9.17) is 5.73 Å². The van der Waals surface area contributed by atoms with Crippen LogP contribution in [-0.4, -0.2) is 121 Å². The second kappa shape index (κ2) is 102. The van der Waals surface area contributed by atoms with E-state index in [0.717, 1.165) is 86.2 Å². The van der Waals surface area contributed by atoms with Crippen LogP contribution in [0.15, 0.2) is 45.9 Å². The number of ether oxygens (including phenoxy) is 4. The van der Waals surface area contributed by atoms with Gasteiger partial charge in [0, 0.05) is 74.5 Å². The molecule has 0 aromatic heterocycles. The molecular weight excluding hydrogens is 1430 g/mol. The maximum Gasteiger partial charge on any atom is 0.383 e. The van der Waals surface area contributed by atoms with Crippen molar-refractivity contribution < 1.29 is 70.1 Å². The Hall–Kier alpha value is -3.36. The van der Waals surface area contributed by atoms with Gasteiger partial charge in [-0.3, -0.25) is 32.0 Å². The number of thioether (sulfide) groups is 1. The molecule has 1 unspecified atom stereocenters. The first kappa shape index (κ1) is 116. The normalized spacial score (nSPS) is 11.3. The van der Waals surface area contributed by atoms with Gasteiger partial charge in [0.2, 0.25) is 5.91 Å². The highest BCUT2D eigenvalue weighted by Crippen LogP contribution is 2.42. The third kappa shape index (κ3) is 128. The van der Waals surface area contributed by atoms with E-state index in [1.54, 1.807) is 23.6 Å². The largest absolute Gasteiger partial charge is 0.466 e. The number of carbonyl (C=O) groups excluding carboxylic acids is 6. The van der Waals surface area contributed by atoms with Crippen LogP contribution >= 0.6 is 58.2 Å². The lowest BCUT2D eigenvalue weighted by Gasteiger charge is -2.27. The quantitative estimate of drug-likeness (QED) is 0.00534. The summed E-state index contributed by atoms with van der Waals surface area (Å²) in [5.41, 5.74) is 9.32. The fraction of sp³-hybridized carbons (Fsp3) is 0.778. The summed E-state index contributed by atoms with van der Waals surface area (Å²) in [6.07, 6.45) is 74.0. The minimum atomic E-state index is -2.77. The van der Waals surface area contributed by atoms with Crippen molar-refractivity contribution in [2.24, 2.45) is 11.5 Å². The van der Waals surface area contributed by atoms with Crippen LogP contribution in [0.5, 0.6) is 0 Å². The molecule has 0 aliphatic rings. The van der Waals surface area contributed by atoms with Crippen molar-refractivity contribution in [3.05, 3.63) is 45.9 Å². The Balaban J connectivity index is -0.000000174. The molecule has 0 aromatic rings. The summed E-state index contributed by atoms with van der Waals surface area (Å²) in [6.45, 7) is 13.4. The fourth-order valence-electron chi connectivity index (χ4n) is 9.02. The van der Waals surface area contributed by atoms with Crippen molar-refractivity contribution in [2.75, 3.05) is 63.0 Å². The monoisotopic (exact) mass is 1590 g/mol. The lowest BCUT2D eigenvalue weighted by Crippen LogP contribution is -2.07. The van der Waals surface area contributed by atoms with E-state index in [9.17, 15) is 51.2 Å². The molecule has 0 heterocycles. The fourth-order valence-corrected chi connectivity index (χ4v) is 13.3. The van der Waals surface area contributed by atoms with Gasteiger partial charge in [-0.15, -0.1) is 24.6 Å². The summed E-state index contributed by atoms with van der Waals surface area (Å²) in [5, 5.41) is 5.55. The molecule has 2 amide bonds. The summed E-state index contributed by atoms with van der Waals surface area (Å²) in [4.78, 5) is 61.9. The van der Waals surface area contributed by atoms with Crippen LogP contribution in [0.25, 0.3) is 0 Å². The van der Waals surface area contributed by atoms with Crippen molar-refractivity contribution in [3.8, 4) is 24.7 Å². The highest BCUT2D eigenvalue weighted by atomic mass is 32.3. The van der Waals surface area contributed by atoms with Crippen molar-refractivity contribution in [3.63, 3.8) is 0 Å². The van der Waals surface area contributed by atoms with Gasteiger partial charge >= 0.3 is 23.9 Å². The summed E-state index contributed by atoms with van der Waals surface area (Å²) in [7, 11) is -1.35. The molecule has 23 heteroatoms. The number of amides is 2. The molecule has 0 saturated carbocycles. The number of nitrogens with two attached hydrogens (primary N) is 2. The molecular formula is C81H156N2O15S6. The molecule has 1 atom stereocenters. The topological polar surface area (TPSA) is 289 Å². The lowest BCUT2D eigenvalue weighted by molar-refractivity contribution is -0.135. The maximum atomic E-state index is 11.5. The molecule has 0 aliphatic heterocycles. The number of methoxy groups -OCH3 is 4. The molecule has 0 bridgehead atoms. The molecule has 0 fully saturated rings. The predicted octanol–water partition coefficient (Wildman–Crippen LogP) is 23.2. The molecule has 616 valence electrons. The van der Waals surface area contributed by atoms with E-state index in [1.165, 1.54) is 302 Å². The van der Waals surface area contributed by atoms with E-state index < -0.39 is 61.7 Å². The second-order valence-electron chi connectivity index (χ2n) is 25.1. The molecule has 0 radical (unpaired) electrons. The van der Waals surface area contributed by atoms with E-state index in [-0.39, 0.29) is 5.97 Å². The van der Waals surface area contributed by atoms with E-state index in [2.05, 4.69) is 104 Å². The Bertz CT molecular complexity index is 2090. The van der Waals surface area contributed by atoms with Crippen molar-refractivity contribution in [2.45, 2.75) is 343 Å². The average molecular weight is 1590 g/mol. The van der Waals surface area contributed by atoms with Gasteiger partial charge < -0.3 is 30.4 Å². The Morgan fingerprint density at radius 1 is 0.394 bits per heavy atom. The summed E-state index contributed by atoms with van der Waals surface area (Å²) >= 11 is 10.0. The van der Waals surface area contributed by atoms with Gasteiger partial charge in [-0.1, -0.05) is 305 Å². The van der Waals surface area contributed by atoms with Gasteiger partial charge in [0.05, 0.1) is 28.4 Å². The molecule has 0 rings (SSSR count). The van der Waals surface area contributed by atoms with Crippen molar-refractivity contribution >= 4 is 105 Å². The summed E-state index contributed by atoms with van der Waals surface area (Å²) in [6, 6.07) is 0. The SMILES string of the molecule is C#CC(=O)OC.C#CC(N)=O.CCCCCCCCCCS.CCCCCCCCCCS(=O)C=CC(=O)OC.CCCCCCCCCCS(O)(O)/C=C/C(=O)OC.CCCCCCCCCCS(O)(O)/C=C/C(N)=O.CCCCCCCCCCSC=CC(=O)OC.CCCCCCCCCS. The number of esters is 4. The van der Waals surface area contributed by atoms with Crippen LogP contribution in [0.4, 0.5) is 0 Å². The highest BCUT2D eigenvalue weighted by molar-refractivity contribution is 8.27. The van der Waals surface area contributed by atoms with Crippen LogP contribution in [-0.2, 0) is 58.5 Å². The Kier molecular flexibility index (Phi) is 114. The van der Waals surface area contributed by atoms with Gasteiger partial charge in [-0.2, -0.15) is 46.4 Å². The van der Waals surface area contributed by atoms with Crippen LogP contribution in [0.1, 0.15) is 343 Å². The minimum absolute atomic E-state index is 0.270. The number of terminal acetylenes is 2. The predicted molar refractivity (Wildman–Crippen MR) is 460 cm³/mol. The number of hydrogen-bond donors (Lipinski definition) is 8. The molecule has 104 heavy (non-hydrogen) atoms. The first-order valence-electron chi connectivity index (χ1n) is 39.2. The molecule has 0 saturated heterocycles. The zero-order chi connectivity index (χ0) is 80.1. The number of primary amides is 2. The zero-order valence-corrected chi connectivity index (χ0v) is 72.3. The number of hydrogen-bond acceptors (Lipinski definition) is 18. The molecule has 0 spiro atoms. The van der Waals surface area contributed by atoms with Crippen LogP contribution in [0.2, 0.25) is 0 Å². The lowest BCUT2D eigenvalue weighted by atomic mass is 10.1. The Morgan fingerprint density at radius 2 is 0.663 bits per heavy atom. The van der Waals surface area contributed by atoms with Crippen molar-refractivity contribution in [1.29, 1.82) is 0 Å².